The monoisotopic (exact) mass is 338 g/mol. The molecule has 2 rings (SSSR count). The summed E-state index contributed by atoms with van der Waals surface area (Å²) in [4.78, 5) is 0. The van der Waals surface area contributed by atoms with Crippen molar-refractivity contribution in [3.8, 4) is 29.4 Å². The Balaban J connectivity index is 1.70. The van der Waals surface area contributed by atoms with Gasteiger partial charge in [0.15, 0.2) is 0 Å². The lowest BCUT2D eigenvalue weighted by Gasteiger charge is -2.02. The van der Waals surface area contributed by atoms with Crippen LogP contribution in [0.25, 0.3) is 0 Å². The van der Waals surface area contributed by atoms with Crippen LogP contribution in [0, 0.1) is 23.7 Å². The Labute approximate surface area is 134 Å². The van der Waals surface area contributed by atoms with Crippen LogP contribution in [-0.2, 0) is 6.42 Å². The second-order valence-corrected chi connectivity index (χ2v) is 5.16. The van der Waals surface area contributed by atoms with Crippen LogP contribution in [-0.4, -0.2) is 6.61 Å². The number of hydrogen-bond donors (Lipinski definition) is 0. The van der Waals surface area contributed by atoms with Crippen molar-refractivity contribution in [1.29, 1.82) is 0 Å². The van der Waals surface area contributed by atoms with Gasteiger partial charge in [-0.15, -0.1) is 0 Å². The molecule has 2 heteroatoms. The van der Waals surface area contributed by atoms with Gasteiger partial charge in [0.25, 0.3) is 0 Å². The number of benzene rings is 2. The van der Waals surface area contributed by atoms with Crippen LogP contribution in [0.4, 0.5) is 0 Å². The molecule has 0 aromatic heterocycles. The van der Waals surface area contributed by atoms with E-state index in [9.17, 15) is 0 Å². The van der Waals surface area contributed by atoms with Gasteiger partial charge >= 0.3 is 0 Å². The molecule has 0 aliphatic heterocycles. The number of rotatable bonds is 4. The first-order valence-corrected chi connectivity index (χ1v) is 7.52. The molecule has 0 unspecified atom stereocenters. The zero-order valence-corrected chi connectivity index (χ0v) is 13.2. The van der Waals surface area contributed by atoms with Gasteiger partial charge in [-0.3, -0.25) is 0 Å². The Morgan fingerprint density at radius 2 is 1.57 bits per heavy atom. The van der Waals surface area contributed by atoms with E-state index in [2.05, 4.69) is 51.7 Å². The van der Waals surface area contributed by atoms with E-state index in [1.54, 1.807) is 0 Å². The maximum Gasteiger partial charge on any atom is 0.150 e. The van der Waals surface area contributed by atoms with E-state index >= 15 is 0 Å². The van der Waals surface area contributed by atoms with E-state index in [1.807, 2.05) is 42.5 Å². The molecule has 0 atom stereocenters. The second kappa shape index (κ2) is 8.90. The minimum Gasteiger partial charge on any atom is -0.480 e. The van der Waals surface area contributed by atoms with Crippen LogP contribution in [0.3, 0.4) is 0 Å². The Morgan fingerprint density at radius 1 is 0.857 bits per heavy atom. The number of halogens is 1. The number of hydrogen-bond acceptors (Lipinski definition) is 1. The van der Waals surface area contributed by atoms with Gasteiger partial charge in [0.05, 0.1) is 4.47 Å². The van der Waals surface area contributed by atoms with Crippen molar-refractivity contribution >= 4 is 15.9 Å². The second-order valence-electron chi connectivity index (χ2n) is 4.31. The van der Waals surface area contributed by atoms with Gasteiger partial charge in [-0.05, 0) is 57.8 Å². The van der Waals surface area contributed by atoms with E-state index in [0.29, 0.717) is 6.61 Å². The van der Waals surface area contributed by atoms with E-state index in [-0.39, 0.29) is 0 Å². The van der Waals surface area contributed by atoms with Gasteiger partial charge in [0.1, 0.15) is 12.4 Å². The molecule has 2 aromatic carbocycles. The summed E-state index contributed by atoms with van der Waals surface area (Å²) in [7, 11) is 0. The molecule has 2 aromatic rings. The van der Waals surface area contributed by atoms with Crippen molar-refractivity contribution in [2.75, 3.05) is 6.61 Å². The van der Waals surface area contributed by atoms with Crippen LogP contribution in [0.5, 0.6) is 5.75 Å². The third-order valence-corrected chi connectivity index (χ3v) is 3.41. The summed E-state index contributed by atoms with van der Waals surface area (Å²) >= 11 is 3.42. The zero-order chi connectivity index (χ0) is 14.8. The average molecular weight is 339 g/mol. The lowest BCUT2D eigenvalue weighted by Crippen LogP contribution is -1.93. The molecule has 0 aliphatic rings. The molecule has 0 heterocycles. The minimum absolute atomic E-state index is 0.343. The number of ether oxygens (including phenoxy) is 1. The molecule has 0 spiro atoms. The van der Waals surface area contributed by atoms with Gasteiger partial charge in [0, 0.05) is 6.42 Å². The molecule has 0 saturated carbocycles. The molecule has 0 N–H and O–H groups in total. The smallest absolute Gasteiger partial charge is 0.150 e. The molecule has 0 bridgehead atoms. The Bertz CT molecular complexity index is 684. The molecule has 1 nitrogen and oxygen atoms in total. The molecule has 0 amide bonds. The average Bonchev–Trinajstić information content (AvgIpc) is 2.52. The lowest BCUT2D eigenvalue weighted by atomic mass is 10.1. The normalized spacial score (nSPS) is 9.00. The van der Waals surface area contributed by atoms with Crippen LogP contribution in [0.15, 0.2) is 59.1 Å². The number of aryl methyl sites for hydroxylation is 1. The predicted octanol–water partition coefficient (Wildman–Crippen LogP) is 4.47. The van der Waals surface area contributed by atoms with Crippen molar-refractivity contribution < 1.29 is 4.74 Å². The molecule has 21 heavy (non-hydrogen) atoms. The maximum atomic E-state index is 5.52. The molecule has 0 radical (unpaired) electrons. The first kappa shape index (κ1) is 15.2. The van der Waals surface area contributed by atoms with Gasteiger partial charge in [-0.2, -0.15) is 0 Å². The van der Waals surface area contributed by atoms with E-state index in [4.69, 9.17) is 4.74 Å². The highest BCUT2D eigenvalue weighted by Gasteiger charge is 1.96. The summed E-state index contributed by atoms with van der Waals surface area (Å²) < 4.78 is 6.46. The molecule has 0 saturated heterocycles. The summed E-state index contributed by atoms with van der Waals surface area (Å²) in [6.45, 7) is 0.343. The van der Waals surface area contributed by atoms with Gasteiger partial charge < -0.3 is 4.74 Å². The predicted molar refractivity (Wildman–Crippen MR) is 90.0 cm³/mol. The third-order valence-electron chi connectivity index (χ3n) is 2.76. The minimum atomic E-state index is 0.343. The van der Waals surface area contributed by atoms with Crippen molar-refractivity contribution in [3.63, 3.8) is 0 Å². The molecule has 0 aliphatic carbocycles. The number of para-hydroxylation sites is 1. The molecule has 104 valence electrons. The van der Waals surface area contributed by atoms with E-state index in [1.165, 1.54) is 5.56 Å². The SMILES string of the molecule is Brc1ccccc1OCC#CC#CCCc1ccccc1. The Kier molecular flexibility index (Phi) is 6.46. The Morgan fingerprint density at radius 3 is 2.38 bits per heavy atom. The summed E-state index contributed by atoms with van der Waals surface area (Å²) in [5, 5.41) is 0. The highest BCUT2D eigenvalue weighted by Crippen LogP contribution is 2.23. The topological polar surface area (TPSA) is 9.23 Å². The highest BCUT2D eigenvalue weighted by molar-refractivity contribution is 9.10. The molecular formula is C19H15BrO. The fraction of sp³-hybridized carbons (Fsp3) is 0.158. The molecule has 0 fully saturated rings. The summed E-state index contributed by atoms with van der Waals surface area (Å²) in [5.41, 5.74) is 1.30. The van der Waals surface area contributed by atoms with Crippen molar-refractivity contribution in [1.82, 2.24) is 0 Å². The lowest BCUT2D eigenvalue weighted by molar-refractivity contribution is 0.368. The zero-order valence-electron chi connectivity index (χ0n) is 11.6. The van der Waals surface area contributed by atoms with Crippen molar-refractivity contribution in [2.24, 2.45) is 0 Å². The maximum absolute atomic E-state index is 5.52. The summed E-state index contributed by atoms with van der Waals surface area (Å²) in [6, 6.07) is 18.0. The third kappa shape index (κ3) is 5.78. The van der Waals surface area contributed by atoms with Gasteiger partial charge in [-0.1, -0.05) is 48.4 Å². The highest BCUT2D eigenvalue weighted by atomic mass is 79.9. The van der Waals surface area contributed by atoms with Crippen LogP contribution < -0.4 is 4.74 Å². The fourth-order valence-corrected chi connectivity index (χ4v) is 2.11. The van der Waals surface area contributed by atoms with Gasteiger partial charge in [-0.25, -0.2) is 0 Å². The van der Waals surface area contributed by atoms with Gasteiger partial charge in [0.2, 0.25) is 0 Å². The van der Waals surface area contributed by atoms with E-state index in [0.717, 1.165) is 23.1 Å². The first-order valence-electron chi connectivity index (χ1n) is 6.73. The van der Waals surface area contributed by atoms with Crippen LogP contribution in [0.2, 0.25) is 0 Å². The standard InChI is InChI=1S/C19H15BrO/c20-18-14-8-9-15-19(18)21-16-10-3-1-2-5-11-17-12-6-4-7-13-17/h4,6-9,12-15H,5,11,16H2. The largest absolute Gasteiger partial charge is 0.480 e. The fourth-order valence-electron chi connectivity index (χ4n) is 1.71. The summed E-state index contributed by atoms with van der Waals surface area (Å²) in [5.74, 6) is 12.4. The van der Waals surface area contributed by atoms with Crippen LogP contribution in [0.1, 0.15) is 12.0 Å². The molecular weight excluding hydrogens is 324 g/mol. The van der Waals surface area contributed by atoms with Crippen molar-refractivity contribution in [3.05, 3.63) is 64.6 Å². The summed E-state index contributed by atoms with van der Waals surface area (Å²) in [6.07, 6.45) is 1.78. The first-order chi connectivity index (χ1) is 10.4. The quantitative estimate of drug-likeness (QED) is 0.747. The Hall–Kier alpha value is -2.16. The van der Waals surface area contributed by atoms with Crippen molar-refractivity contribution in [2.45, 2.75) is 12.8 Å². The van der Waals surface area contributed by atoms with E-state index < -0.39 is 0 Å². The van der Waals surface area contributed by atoms with Crippen LogP contribution >= 0.6 is 15.9 Å².